The van der Waals surface area contributed by atoms with Gasteiger partial charge in [0.25, 0.3) is 0 Å². The molecule has 1 N–H and O–H groups in total. The van der Waals surface area contributed by atoms with Gasteiger partial charge in [-0.25, -0.2) is 0 Å². The third-order valence-corrected chi connectivity index (χ3v) is 2.51. The SMILES string of the molecule is CCCCOC1CCCCCC(=O)N1. The van der Waals surface area contributed by atoms with Gasteiger partial charge >= 0.3 is 0 Å². The summed E-state index contributed by atoms with van der Waals surface area (Å²) in [7, 11) is 0. The zero-order chi connectivity index (χ0) is 10.2. The lowest BCUT2D eigenvalue weighted by atomic mass is 10.1. The maximum absolute atomic E-state index is 11.3. The molecule has 0 aromatic carbocycles. The molecule has 1 atom stereocenters. The molecule has 0 saturated carbocycles. The van der Waals surface area contributed by atoms with Gasteiger partial charge in [0.1, 0.15) is 6.23 Å². The molecule has 1 amide bonds. The summed E-state index contributed by atoms with van der Waals surface area (Å²) < 4.78 is 5.60. The Labute approximate surface area is 86.2 Å². The quantitative estimate of drug-likeness (QED) is 0.705. The lowest BCUT2D eigenvalue weighted by Gasteiger charge is -2.21. The highest BCUT2D eigenvalue weighted by Crippen LogP contribution is 2.11. The van der Waals surface area contributed by atoms with Crippen LogP contribution in [0.5, 0.6) is 0 Å². The van der Waals surface area contributed by atoms with E-state index in [1.807, 2.05) is 0 Å². The Morgan fingerprint density at radius 3 is 3.07 bits per heavy atom. The van der Waals surface area contributed by atoms with E-state index in [0.717, 1.165) is 45.1 Å². The van der Waals surface area contributed by atoms with Crippen molar-refractivity contribution >= 4 is 5.91 Å². The lowest BCUT2D eigenvalue weighted by Crippen LogP contribution is -2.38. The number of nitrogens with one attached hydrogen (secondary N) is 1. The van der Waals surface area contributed by atoms with Gasteiger partial charge in [0.05, 0.1) is 0 Å². The largest absolute Gasteiger partial charge is 0.359 e. The fourth-order valence-electron chi connectivity index (χ4n) is 1.61. The van der Waals surface area contributed by atoms with E-state index in [0.29, 0.717) is 6.42 Å². The molecule has 1 saturated heterocycles. The number of hydrogen-bond donors (Lipinski definition) is 1. The summed E-state index contributed by atoms with van der Waals surface area (Å²) in [5.74, 6) is 0.145. The van der Waals surface area contributed by atoms with Crippen molar-refractivity contribution in [3.05, 3.63) is 0 Å². The lowest BCUT2D eigenvalue weighted by molar-refractivity contribution is -0.126. The maximum Gasteiger partial charge on any atom is 0.221 e. The van der Waals surface area contributed by atoms with Gasteiger partial charge in [-0.2, -0.15) is 0 Å². The molecule has 1 aliphatic heterocycles. The second-order valence-electron chi connectivity index (χ2n) is 3.88. The highest BCUT2D eigenvalue weighted by Gasteiger charge is 2.14. The van der Waals surface area contributed by atoms with Crippen LogP contribution in [0.1, 0.15) is 51.9 Å². The Morgan fingerprint density at radius 2 is 2.29 bits per heavy atom. The number of carbonyl (C=O) groups is 1. The molecule has 1 fully saturated rings. The van der Waals surface area contributed by atoms with E-state index in [-0.39, 0.29) is 12.1 Å². The van der Waals surface area contributed by atoms with E-state index in [1.54, 1.807) is 0 Å². The van der Waals surface area contributed by atoms with Gasteiger partial charge in [-0.3, -0.25) is 4.79 Å². The molecule has 1 aliphatic rings. The molecule has 82 valence electrons. The first-order valence-electron chi connectivity index (χ1n) is 5.74. The van der Waals surface area contributed by atoms with Gasteiger partial charge in [0, 0.05) is 13.0 Å². The van der Waals surface area contributed by atoms with Crippen molar-refractivity contribution in [3.8, 4) is 0 Å². The maximum atomic E-state index is 11.3. The van der Waals surface area contributed by atoms with Crippen LogP contribution in [-0.4, -0.2) is 18.7 Å². The Hall–Kier alpha value is -0.570. The minimum Gasteiger partial charge on any atom is -0.359 e. The van der Waals surface area contributed by atoms with Gasteiger partial charge in [-0.05, 0) is 25.7 Å². The summed E-state index contributed by atoms with van der Waals surface area (Å²) in [6, 6.07) is 0. The van der Waals surface area contributed by atoms with Crippen LogP contribution in [0, 0.1) is 0 Å². The number of carbonyl (C=O) groups excluding carboxylic acids is 1. The molecular formula is C11H21NO2. The van der Waals surface area contributed by atoms with Gasteiger partial charge in [-0.1, -0.05) is 19.8 Å². The molecule has 0 aliphatic carbocycles. The molecule has 1 unspecified atom stereocenters. The highest BCUT2D eigenvalue weighted by molar-refractivity contribution is 5.76. The Kier molecular flexibility index (Phi) is 5.60. The van der Waals surface area contributed by atoms with Gasteiger partial charge in [-0.15, -0.1) is 0 Å². The van der Waals surface area contributed by atoms with Crippen LogP contribution in [0.15, 0.2) is 0 Å². The van der Waals surface area contributed by atoms with Crippen molar-refractivity contribution in [1.29, 1.82) is 0 Å². The summed E-state index contributed by atoms with van der Waals surface area (Å²) >= 11 is 0. The second-order valence-corrected chi connectivity index (χ2v) is 3.88. The molecule has 0 aromatic heterocycles. The minimum absolute atomic E-state index is 0.0330. The molecule has 3 heteroatoms. The first kappa shape index (κ1) is 11.5. The Balaban J connectivity index is 2.22. The van der Waals surface area contributed by atoms with Crippen LogP contribution in [0.4, 0.5) is 0 Å². The predicted octanol–water partition coefficient (Wildman–Crippen LogP) is 2.21. The van der Waals surface area contributed by atoms with Crippen molar-refractivity contribution in [1.82, 2.24) is 5.32 Å². The van der Waals surface area contributed by atoms with E-state index in [1.165, 1.54) is 0 Å². The van der Waals surface area contributed by atoms with E-state index in [4.69, 9.17) is 4.74 Å². The average Bonchev–Trinajstić information content (AvgIpc) is 2.13. The average molecular weight is 199 g/mol. The molecule has 1 rings (SSSR count). The molecule has 0 aromatic rings. The van der Waals surface area contributed by atoms with Crippen LogP contribution in [0.3, 0.4) is 0 Å². The van der Waals surface area contributed by atoms with Crippen LogP contribution < -0.4 is 5.32 Å². The standard InChI is InChI=1S/C11H21NO2/c1-2-3-9-14-11-8-6-4-5-7-10(13)12-11/h11H,2-9H2,1H3,(H,12,13). The molecule has 3 nitrogen and oxygen atoms in total. The number of ether oxygens (including phenoxy) is 1. The van der Waals surface area contributed by atoms with Crippen molar-refractivity contribution in [3.63, 3.8) is 0 Å². The zero-order valence-corrected chi connectivity index (χ0v) is 9.05. The fourth-order valence-corrected chi connectivity index (χ4v) is 1.61. The van der Waals surface area contributed by atoms with Crippen molar-refractivity contribution in [2.24, 2.45) is 0 Å². The zero-order valence-electron chi connectivity index (χ0n) is 9.05. The molecular weight excluding hydrogens is 178 g/mol. The van der Waals surface area contributed by atoms with Gasteiger partial charge in [0.15, 0.2) is 0 Å². The third-order valence-electron chi connectivity index (χ3n) is 2.51. The molecule has 0 radical (unpaired) electrons. The summed E-state index contributed by atoms with van der Waals surface area (Å²) in [6.07, 6.45) is 7.15. The number of rotatable bonds is 4. The third kappa shape index (κ3) is 4.61. The molecule has 14 heavy (non-hydrogen) atoms. The van der Waals surface area contributed by atoms with Crippen molar-refractivity contribution in [2.45, 2.75) is 58.1 Å². The predicted molar refractivity (Wildman–Crippen MR) is 55.9 cm³/mol. The van der Waals surface area contributed by atoms with Crippen LogP contribution in [0.2, 0.25) is 0 Å². The Bertz CT molecular complexity index is 171. The van der Waals surface area contributed by atoms with Crippen LogP contribution >= 0.6 is 0 Å². The number of unbranched alkanes of at least 4 members (excludes halogenated alkanes) is 1. The second kappa shape index (κ2) is 6.82. The minimum atomic E-state index is -0.0330. The summed E-state index contributed by atoms with van der Waals surface area (Å²) in [5, 5.41) is 2.92. The Morgan fingerprint density at radius 1 is 1.43 bits per heavy atom. The summed E-state index contributed by atoms with van der Waals surface area (Å²) in [4.78, 5) is 11.3. The van der Waals surface area contributed by atoms with Crippen LogP contribution in [-0.2, 0) is 9.53 Å². The van der Waals surface area contributed by atoms with Gasteiger partial charge in [0.2, 0.25) is 5.91 Å². The first-order chi connectivity index (χ1) is 6.83. The van der Waals surface area contributed by atoms with E-state index in [2.05, 4.69) is 12.2 Å². The van der Waals surface area contributed by atoms with Gasteiger partial charge < -0.3 is 10.1 Å². The van der Waals surface area contributed by atoms with Crippen molar-refractivity contribution < 1.29 is 9.53 Å². The number of amides is 1. The topological polar surface area (TPSA) is 38.3 Å². The molecule has 0 spiro atoms. The summed E-state index contributed by atoms with van der Waals surface area (Å²) in [6.45, 7) is 2.90. The van der Waals surface area contributed by atoms with Crippen molar-refractivity contribution in [2.75, 3.05) is 6.61 Å². The highest BCUT2D eigenvalue weighted by atomic mass is 16.5. The number of hydrogen-bond acceptors (Lipinski definition) is 2. The summed E-state index contributed by atoms with van der Waals surface area (Å²) in [5.41, 5.74) is 0. The first-order valence-corrected chi connectivity index (χ1v) is 5.74. The van der Waals surface area contributed by atoms with E-state index >= 15 is 0 Å². The fraction of sp³-hybridized carbons (Fsp3) is 0.909. The smallest absolute Gasteiger partial charge is 0.221 e. The van der Waals surface area contributed by atoms with E-state index < -0.39 is 0 Å². The normalized spacial score (nSPS) is 23.8. The van der Waals surface area contributed by atoms with E-state index in [9.17, 15) is 4.79 Å². The molecule has 1 heterocycles. The monoisotopic (exact) mass is 199 g/mol. The van der Waals surface area contributed by atoms with Crippen LogP contribution in [0.25, 0.3) is 0 Å². The molecule has 0 bridgehead atoms.